The van der Waals surface area contributed by atoms with Gasteiger partial charge in [-0.25, -0.2) is 0 Å². The Hall–Kier alpha value is -0.670. The SMILES string of the molecule is CC(=O)C1(O)CCC2C3CC(C)=C4CC(O)CCC4(C)C3CCC21C. The van der Waals surface area contributed by atoms with Gasteiger partial charge < -0.3 is 10.2 Å². The summed E-state index contributed by atoms with van der Waals surface area (Å²) in [5.74, 6) is 1.63. The lowest BCUT2D eigenvalue weighted by atomic mass is 9.46. The van der Waals surface area contributed by atoms with Gasteiger partial charge in [-0.2, -0.15) is 0 Å². The number of aliphatic hydroxyl groups is 2. The van der Waals surface area contributed by atoms with Crippen LogP contribution in [0.4, 0.5) is 0 Å². The van der Waals surface area contributed by atoms with Crippen LogP contribution in [0.25, 0.3) is 0 Å². The molecular formula is C22H34O3. The molecule has 0 heterocycles. The second kappa shape index (κ2) is 5.42. The Morgan fingerprint density at radius 3 is 2.40 bits per heavy atom. The first-order chi connectivity index (χ1) is 11.6. The highest BCUT2D eigenvalue weighted by Gasteiger charge is 2.65. The molecule has 7 unspecified atom stereocenters. The molecule has 2 N–H and O–H groups in total. The zero-order valence-corrected chi connectivity index (χ0v) is 16.3. The summed E-state index contributed by atoms with van der Waals surface area (Å²) in [4.78, 5) is 12.3. The second-order valence-corrected chi connectivity index (χ2v) is 10.1. The number of carbonyl (C=O) groups excluding carboxylic acids is 1. The minimum absolute atomic E-state index is 0.0355. The smallest absolute Gasteiger partial charge is 0.161 e. The van der Waals surface area contributed by atoms with Gasteiger partial charge in [0.1, 0.15) is 5.60 Å². The van der Waals surface area contributed by atoms with Crippen molar-refractivity contribution >= 4 is 5.78 Å². The summed E-state index contributed by atoms with van der Waals surface area (Å²) in [6.45, 7) is 8.46. The molecule has 0 bridgehead atoms. The van der Waals surface area contributed by atoms with Gasteiger partial charge in [-0.15, -0.1) is 0 Å². The van der Waals surface area contributed by atoms with Crippen LogP contribution < -0.4 is 0 Å². The largest absolute Gasteiger partial charge is 0.393 e. The Morgan fingerprint density at radius 2 is 1.72 bits per heavy atom. The summed E-state index contributed by atoms with van der Waals surface area (Å²) >= 11 is 0. The zero-order chi connectivity index (χ0) is 18.2. The second-order valence-electron chi connectivity index (χ2n) is 10.1. The van der Waals surface area contributed by atoms with E-state index in [4.69, 9.17) is 0 Å². The molecule has 0 aromatic heterocycles. The van der Waals surface area contributed by atoms with Crippen molar-refractivity contribution in [1.29, 1.82) is 0 Å². The molecule has 0 saturated heterocycles. The van der Waals surface area contributed by atoms with Crippen molar-refractivity contribution in [3.63, 3.8) is 0 Å². The van der Waals surface area contributed by atoms with Gasteiger partial charge in [-0.05, 0) is 88.4 Å². The van der Waals surface area contributed by atoms with Crippen molar-refractivity contribution in [2.75, 3.05) is 0 Å². The molecule has 3 fully saturated rings. The van der Waals surface area contributed by atoms with Crippen LogP contribution in [-0.2, 0) is 4.79 Å². The van der Waals surface area contributed by atoms with Crippen LogP contribution in [-0.4, -0.2) is 27.7 Å². The van der Waals surface area contributed by atoms with Gasteiger partial charge in [0.2, 0.25) is 0 Å². The van der Waals surface area contributed by atoms with Gasteiger partial charge in [0.15, 0.2) is 5.78 Å². The third-order valence-electron chi connectivity index (χ3n) is 9.17. The van der Waals surface area contributed by atoms with Crippen LogP contribution in [0.2, 0.25) is 0 Å². The third kappa shape index (κ3) is 2.15. The summed E-state index contributed by atoms with van der Waals surface area (Å²) in [7, 11) is 0. The fraction of sp³-hybridized carbons (Fsp3) is 0.864. The van der Waals surface area contributed by atoms with Gasteiger partial charge in [0.25, 0.3) is 0 Å². The highest BCUT2D eigenvalue weighted by Crippen LogP contribution is 2.68. The summed E-state index contributed by atoms with van der Waals surface area (Å²) in [5.41, 5.74) is 1.83. The van der Waals surface area contributed by atoms with Crippen LogP contribution in [0, 0.1) is 28.6 Å². The van der Waals surface area contributed by atoms with Crippen molar-refractivity contribution in [2.24, 2.45) is 28.6 Å². The Bertz CT molecular complexity index is 637. The first-order valence-electron chi connectivity index (χ1n) is 10.2. The molecule has 0 spiro atoms. The lowest BCUT2D eigenvalue weighted by Gasteiger charge is -2.59. The molecule has 25 heavy (non-hydrogen) atoms. The lowest BCUT2D eigenvalue weighted by Crippen LogP contribution is -2.57. The highest BCUT2D eigenvalue weighted by atomic mass is 16.3. The van der Waals surface area contributed by atoms with Crippen LogP contribution in [0.15, 0.2) is 11.1 Å². The molecule has 3 heteroatoms. The topological polar surface area (TPSA) is 57.5 Å². The number of ketones is 1. The van der Waals surface area contributed by atoms with Crippen molar-refractivity contribution in [1.82, 2.24) is 0 Å². The quantitative estimate of drug-likeness (QED) is 0.705. The molecule has 3 saturated carbocycles. The fourth-order valence-electron chi connectivity index (χ4n) is 7.69. The van der Waals surface area contributed by atoms with E-state index in [0.717, 1.165) is 44.9 Å². The Morgan fingerprint density at radius 1 is 1.04 bits per heavy atom. The summed E-state index contributed by atoms with van der Waals surface area (Å²) in [6.07, 6.45) is 7.46. The Kier molecular flexibility index (Phi) is 3.84. The van der Waals surface area contributed by atoms with Crippen molar-refractivity contribution in [2.45, 2.75) is 90.8 Å². The highest BCUT2D eigenvalue weighted by molar-refractivity contribution is 5.86. The van der Waals surface area contributed by atoms with Gasteiger partial charge in [-0.1, -0.05) is 25.0 Å². The molecule has 0 amide bonds. The molecule has 4 aliphatic carbocycles. The van der Waals surface area contributed by atoms with E-state index in [0.29, 0.717) is 24.2 Å². The molecule has 0 aromatic rings. The summed E-state index contributed by atoms with van der Waals surface area (Å²) in [5, 5.41) is 21.4. The number of allylic oxidation sites excluding steroid dienone is 1. The average Bonchev–Trinajstić information content (AvgIpc) is 2.83. The maximum Gasteiger partial charge on any atom is 0.161 e. The third-order valence-corrected chi connectivity index (χ3v) is 9.17. The standard InChI is InChI=1S/C22H34O3/c1-13-11-16-17(20(3)8-5-15(24)12-19(13)20)6-9-21(4)18(16)7-10-22(21,25)14(2)23/h15-18,24-25H,5-12H2,1-4H3. The molecule has 3 nitrogen and oxygen atoms in total. The summed E-state index contributed by atoms with van der Waals surface area (Å²) in [6, 6.07) is 0. The number of carbonyl (C=O) groups is 1. The van der Waals surface area contributed by atoms with E-state index in [1.807, 2.05) is 0 Å². The van der Waals surface area contributed by atoms with Gasteiger partial charge in [0, 0.05) is 5.41 Å². The molecule has 0 aliphatic heterocycles. The first-order valence-corrected chi connectivity index (χ1v) is 10.2. The van der Waals surface area contributed by atoms with E-state index in [1.54, 1.807) is 6.92 Å². The maximum atomic E-state index is 12.3. The van der Waals surface area contributed by atoms with Crippen LogP contribution in [0.3, 0.4) is 0 Å². The van der Waals surface area contributed by atoms with E-state index in [2.05, 4.69) is 20.8 Å². The number of hydrogen-bond acceptors (Lipinski definition) is 3. The molecule has 7 atom stereocenters. The van der Waals surface area contributed by atoms with Crippen molar-refractivity contribution < 1.29 is 15.0 Å². The fourth-order valence-corrected chi connectivity index (χ4v) is 7.69. The Labute approximate surface area is 151 Å². The first kappa shape index (κ1) is 17.7. The van der Waals surface area contributed by atoms with Crippen LogP contribution in [0.1, 0.15) is 79.1 Å². The van der Waals surface area contributed by atoms with E-state index < -0.39 is 5.60 Å². The minimum atomic E-state index is -1.12. The zero-order valence-electron chi connectivity index (χ0n) is 16.3. The monoisotopic (exact) mass is 346 g/mol. The maximum absolute atomic E-state index is 12.3. The van der Waals surface area contributed by atoms with Crippen molar-refractivity contribution in [3.05, 3.63) is 11.1 Å². The molecular weight excluding hydrogens is 312 g/mol. The number of hydrogen-bond donors (Lipinski definition) is 2. The average molecular weight is 347 g/mol. The van der Waals surface area contributed by atoms with E-state index in [9.17, 15) is 15.0 Å². The van der Waals surface area contributed by atoms with Crippen LogP contribution in [0.5, 0.6) is 0 Å². The lowest BCUT2D eigenvalue weighted by molar-refractivity contribution is -0.159. The number of rotatable bonds is 1. The summed E-state index contributed by atoms with van der Waals surface area (Å²) < 4.78 is 0. The Balaban J connectivity index is 1.73. The van der Waals surface area contributed by atoms with Gasteiger partial charge in [-0.3, -0.25) is 4.79 Å². The number of fused-ring (bicyclic) bond motifs is 5. The van der Waals surface area contributed by atoms with Crippen LogP contribution >= 0.6 is 0 Å². The number of Topliss-reactive ketones (excluding diaryl/α,β-unsaturated/α-hetero) is 1. The van der Waals surface area contributed by atoms with E-state index in [1.165, 1.54) is 11.1 Å². The minimum Gasteiger partial charge on any atom is -0.393 e. The predicted octanol–water partition coefficient (Wildman–Crippen LogP) is 4.02. The van der Waals surface area contributed by atoms with Gasteiger partial charge in [0.05, 0.1) is 6.10 Å². The molecule has 4 aliphatic rings. The van der Waals surface area contributed by atoms with E-state index in [-0.39, 0.29) is 22.7 Å². The molecule has 140 valence electrons. The molecule has 0 aromatic carbocycles. The predicted molar refractivity (Wildman–Crippen MR) is 98.0 cm³/mol. The normalized spacial score (nSPS) is 52.4. The van der Waals surface area contributed by atoms with Gasteiger partial charge >= 0.3 is 0 Å². The number of aliphatic hydroxyl groups excluding tert-OH is 1. The van der Waals surface area contributed by atoms with E-state index >= 15 is 0 Å². The molecule has 0 radical (unpaired) electrons. The molecule has 4 rings (SSSR count). The van der Waals surface area contributed by atoms with Crippen molar-refractivity contribution in [3.8, 4) is 0 Å².